The highest BCUT2D eigenvalue weighted by Gasteiger charge is 2.11. The molecule has 0 aromatic heterocycles. The van der Waals surface area contributed by atoms with Gasteiger partial charge in [0.05, 0.1) is 62.1 Å². The highest BCUT2D eigenvalue weighted by Crippen LogP contribution is 2.23. The predicted octanol–water partition coefficient (Wildman–Crippen LogP) is 11.7. The summed E-state index contributed by atoms with van der Waals surface area (Å²) < 4.78 is 0. The lowest BCUT2D eigenvalue weighted by atomic mass is 9.95. The van der Waals surface area contributed by atoms with Gasteiger partial charge >= 0.3 is 0 Å². The maximum absolute atomic E-state index is 4.26. The largest absolute Gasteiger partial charge is 0.293 e. The third-order valence-corrected chi connectivity index (χ3v) is 11.8. The molecular formula is C63H69N15. The monoisotopic (exact) mass is 1040 g/mol. The number of amidine groups is 2. The average molecular weight is 1040 g/mol. The number of aliphatic imine (C=N–C) groups is 11. The molecule has 0 amide bonds. The topological polar surface area (TPSA) is 185 Å². The summed E-state index contributed by atoms with van der Waals surface area (Å²) in [7, 11) is 0. The minimum absolute atomic E-state index is 0.417. The number of hydrogen-bond donors (Lipinski definition) is 0. The molecule has 1 aromatic carbocycles. The van der Waals surface area contributed by atoms with E-state index in [1.54, 1.807) is 12.4 Å². The molecule has 0 spiro atoms. The van der Waals surface area contributed by atoms with E-state index in [0.29, 0.717) is 38.1 Å². The first-order valence-electron chi connectivity index (χ1n) is 26.8. The minimum Gasteiger partial charge on any atom is -0.293 e. The predicted molar refractivity (Wildman–Crippen MR) is 333 cm³/mol. The fraction of sp³-hybridized carbons (Fsp3) is 0.286. The Labute approximate surface area is 459 Å². The van der Waals surface area contributed by atoms with Crippen LogP contribution in [-0.2, 0) is 0 Å². The van der Waals surface area contributed by atoms with Crippen LogP contribution in [0.15, 0.2) is 231 Å². The van der Waals surface area contributed by atoms with Gasteiger partial charge in [0, 0.05) is 69.0 Å². The Hall–Kier alpha value is -8.85. The maximum atomic E-state index is 4.26. The Morgan fingerprint density at radius 1 is 0.282 bits per heavy atom. The van der Waals surface area contributed by atoms with Crippen LogP contribution in [0.3, 0.4) is 0 Å². The van der Waals surface area contributed by atoms with Gasteiger partial charge in [0.2, 0.25) is 0 Å². The molecule has 1 aromatic rings. The second-order valence-electron chi connectivity index (χ2n) is 17.5. The van der Waals surface area contributed by atoms with Crippen LogP contribution in [0.1, 0.15) is 75.3 Å². The summed E-state index contributed by atoms with van der Waals surface area (Å²) in [5.41, 5.74) is 9.66. The van der Waals surface area contributed by atoms with E-state index < -0.39 is 0 Å². The van der Waals surface area contributed by atoms with Gasteiger partial charge in [-0.2, -0.15) is 20.5 Å². The number of benzene rings is 1. The molecule has 0 saturated carbocycles. The van der Waals surface area contributed by atoms with Crippen molar-refractivity contribution in [2.24, 2.45) is 75.4 Å². The Kier molecular flexibility index (Phi) is 25.8. The van der Waals surface area contributed by atoms with Crippen LogP contribution in [-0.4, -0.2) is 120 Å². The van der Waals surface area contributed by atoms with E-state index in [2.05, 4.69) is 221 Å². The maximum Gasteiger partial charge on any atom is 0.192 e. The van der Waals surface area contributed by atoms with Gasteiger partial charge in [-0.1, -0.05) is 134 Å². The van der Waals surface area contributed by atoms with Crippen molar-refractivity contribution < 1.29 is 0 Å². The second kappa shape index (κ2) is 35.4. The van der Waals surface area contributed by atoms with Crippen molar-refractivity contribution in [2.45, 2.75) is 64.2 Å². The molecule has 0 fully saturated rings. The lowest BCUT2D eigenvalue weighted by Gasteiger charge is -2.11. The van der Waals surface area contributed by atoms with E-state index in [4.69, 9.17) is 0 Å². The summed E-state index contributed by atoms with van der Waals surface area (Å²) in [4.78, 5) is 44.9. The number of rotatable bonds is 0. The van der Waals surface area contributed by atoms with Crippen molar-refractivity contribution in [2.75, 3.05) is 52.6 Å². The fourth-order valence-corrected chi connectivity index (χ4v) is 8.02. The third-order valence-electron chi connectivity index (χ3n) is 11.8. The molecule has 8 aliphatic heterocycles. The van der Waals surface area contributed by atoms with Gasteiger partial charge in [0.25, 0.3) is 0 Å². The van der Waals surface area contributed by atoms with Crippen molar-refractivity contribution in [3.8, 4) is 0 Å². The van der Waals surface area contributed by atoms with Crippen LogP contribution in [0, 0.1) is 0 Å². The van der Waals surface area contributed by atoms with Crippen molar-refractivity contribution in [1.82, 2.24) is 0 Å². The molecule has 396 valence electrons. The van der Waals surface area contributed by atoms with Gasteiger partial charge in [0.15, 0.2) is 25.0 Å². The minimum atomic E-state index is 0.417. The summed E-state index contributed by atoms with van der Waals surface area (Å²) >= 11 is 0. The number of allylic oxidation sites excluding steroid dienone is 20. The van der Waals surface area contributed by atoms with Crippen LogP contribution < -0.4 is 10.4 Å². The SMILES string of the molecule is C1=CC2=CCC=CC2=CC1.C1=CC2=NCC=NC2=CC1.C1=CCC=CC1.C1=CCN=CC1.C1=Cc2cc3c(cc2=CC1)C=CCC=3.C1=NC2=CCC=NC2=CC1.C1=NC2=NCC=NC2=NC1.C1=NCC=NC1.C1N=NCN=N1. The lowest BCUT2D eigenvalue weighted by molar-refractivity contribution is 0.733. The molecule has 8 heterocycles. The number of dihydropyridines is 3. The average Bonchev–Trinajstić information content (AvgIpc) is 3.56. The zero-order chi connectivity index (χ0) is 53.6. The van der Waals surface area contributed by atoms with Gasteiger partial charge in [0.1, 0.15) is 0 Å². The summed E-state index contributed by atoms with van der Waals surface area (Å²) in [6, 6.07) is 4.58. The molecule has 14 aliphatic rings. The molecule has 0 saturated heterocycles. The van der Waals surface area contributed by atoms with E-state index in [1.165, 1.54) is 32.7 Å². The van der Waals surface area contributed by atoms with Crippen molar-refractivity contribution in [3.63, 3.8) is 0 Å². The molecule has 0 unspecified atom stereocenters. The van der Waals surface area contributed by atoms with Gasteiger partial charge in [-0.15, -0.1) is 0 Å². The summed E-state index contributed by atoms with van der Waals surface area (Å²) in [5.74, 6) is 1.35. The summed E-state index contributed by atoms with van der Waals surface area (Å²) in [6.45, 7) is 5.27. The van der Waals surface area contributed by atoms with Crippen LogP contribution in [0.5, 0.6) is 0 Å². The van der Waals surface area contributed by atoms with E-state index in [-0.39, 0.29) is 0 Å². The Balaban J connectivity index is 0.000000129. The first-order valence-corrected chi connectivity index (χ1v) is 26.8. The smallest absolute Gasteiger partial charge is 0.192 e. The molecule has 0 radical (unpaired) electrons. The zero-order valence-corrected chi connectivity index (χ0v) is 44.5. The Morgan fingerprint density at radius 2 is 0.731 bits per heavy atom. The van der Waals surface area contributed by atoms with E-state index in [0.717, 1.165) is 113 Å². The molecule has 6 aliphatic carbocycles. The quantitative estimate of drug-likeness (QED) is 0.224. The first-order chi connectivity index (χ1) is 38.8. The van der Waals surface area contributed by atoms with Gasteiger partial charge in [-0.25, -0.2) is 9.98 Å². The summed E-state index contributed by atoms with van der Waals surface area (Å²) in [5, 5.41) is 16.9. The van der Waals surface area contributed by atoms with Crippen LogP contribution in [0.2, 0.25) is 0 Å². The molecule has 78 heavy (non-hydrogen) atoms. The van der Waals surface area contributed by atoms with E-state index in [1.807, 2.05) is 43.4 Å². The van der Waals surface area contributed by atoms with Gasteiger partial charge < -0.3 is 0 Å². The number of nitrogens with zero attached hydrogens (tertiary/aromatic N) is 15. The molecule has 15 rings (SSSR count). The molecule has 0 N–H and O–H groups in total. The third kappa shape index (κ3) is 21.4. The standard InChI is InChI=1S/C14H12.C10H10.2C8H8N2.C6H6N4.C6H8.C5H7N.C4H6N2.C2H4N4/c1-2-6-12-10-14-8-4-3-7-13(14)9-11(12)5-1;1-2-6-10-8-4-3-7-9(10)5-1;1-3-7-8(9-5-1)4-2-6-10-7;1-2-4-8-7(3-1)9-5-6-10-8;1-2-8-6-5(7-1)9-3-4-10-6;2*1-2-4-6-5-3-1;1-2-6-4-3-5-1;1-3-5-2-6-4-1/h1,4-10H,2-3H2;1,4-8H,2-3H2;3-6H,1-2H2;1,3-4,6H,2,5H2;1,4H,2-3H2;1-2,5-6H,3-4H2;1-2,5H,3-4H2;1,4H,2-3H2;1-2H2. The lowest BCUT2D eigenvalue weighted by Crippen LogP contribution is -2.19. The van der Waals surface area contributed by atoms with E-state index >= 15 is 0 Å². The van der Waals surface area contributed by atoms with Gasteiger partial charge in [-0.3, -0.25) is 44.9 Å². The van der Waals surface area contributed by atoms with Gasteiger partial charge in [-0.05, 0) is 95.9 Å². The molecule has 15 heteroatoms. The highest BCUT2D eigenvalue weighted by atomic mass is 15.3. The molecule has 15 nitrogen and oxygen atoms in total. The molecule has 0 bridgehead atoms. The van der Waals surface area contributed by atoms with E-state index in [9.17, 15) is 0 Å². The number of hydrogen-bond acceptors (Lipinski definition) is 15. The zero-order valence-electron chi connectivity index (χ0n) is 44.5. The van der Waals surface area contributed by atoms with Crippen molar-refractivity contribution in [3.05, 3.63) is 177 Å². The number of fused-ring (bicyclic) bond motifs is 6. The Bertz CT molecular complexity index is 2600. The van der Waals surface area contributed by atoms with Crippen LogP contribution in [0.4, 0.5) is 0 Å². The molecule has 0 atom stereocenters. The fourth-order valence-electron chi connectivity index (χ4n) is 8.02. The molecular weight excluding hydrogens is 967 g/mol. The Morgan fingerprint density at radius 3 is 1.18 bits per heavy atom. The van der Waals surface area contributed by atoms with Crippen LogP contribution in [0.25, 0.3) is 24.3 Å². The van der Waals surface area contributed by atoms with Crippen LogP contribution >= 0.6 is 0 Å². The first kappa shape index (κ1) is 56.9. The number of azo groups is 2. The van der Waals surface area contributed by atoms with Crippen molar-refractivity contribution >= 4 is 91.4 Å². The second-order valence-corrected chi connectivity index (χ2v) is 17.5. The van der Waals surface area contributed by atoms with Crippen molar-refractivity contribution in [1.29, 1.82) is 0 Å². The normalized spacial score (nSPS) is 19.8. The summed E-state index contributed by atoms with van der Waals surface area (Å²) in [6.07, 6.45) is 75.3. The highest BCUT2D eigenvalue weighted by molar-refractivity contribution is 6.44.